The lowest BCUT2D eigenvalue weighted by molar-refractivity contribution is 0.210. The van der Waals surface area contributed by atoms with Crippen LogP contribution in [0.2, 0.25) is 10.0 Å². The normalized spacial score (nSPS) is 15.7. The Morgan fingerprint density at radius 2 is 1.92 bits per heavy atom. The Kier molecular flexibility index (Phi) is 5.13. The van der Waals surface area contributed by atoms with E-state index in [1.165, 1.54) is 0 Å². The van der Waals surface area contributed by atoms with Crippen molar-refractivity contribution in [2.75, 3.05) is 11.9 Å². The molecule has 6 heteroatoms. The second-order valence-electron chi connectivity index (χ2n) is 6.71. The molecule has 0 fully saturated rings. The van der Waals surface area contributed by atoms with Gasteiger partial charge in [-0.2, -0.15) is 5.26 Å². The van der Waals surface area contributed by atoms with Crippen molar-refractivity contribution in [2.24, 2.45) is 0 Å². The molecule has 26 heavy (non-hydrogen) atoms. The molecule has 1 heterocycles. The Balaban J connectivity index is 1.94. The topological polar surface area (TPSA) is 56.1 Å². The predicted molar refractivity (Wildman–Crippen MR) is 105 cm³/mol. The summed E-state index contributed by atoms with van der Waals surface area (Å²) >= 11 is 12.2. The SMILES string of the molecule is CCN1Cc2ccc(C(C)(C#N)Cc3cc(Cl)cc(Cl)c3)cc2NC1=O. The van der Waals surface area contributed by atoms with Crippen LogP contribution in [0.4, 0.5) is 10.5 Å². The minimum Gasteiger partial charge on any atom is -0.320 e. The molecular weight excluding hydrogens is 369 g/mol. The standard InChI is InChI=1S/C20H19Cl2N3O/c1-3-25-11-14-4-5-15(8-18(14)24-19(25)26)20(2,12-23)10-13-6-16(21)9-17(22)7-13/h4-9H,3,10-11H2,1-2H3,(H,24,26). The number of hydrogen-bond donors (Lipinski definition) is 1. The summed E-state index contributed by atoms with van der Waals surface area (Å²) < 4.78 is 0. The zero-order chi connectivity index (χ0) is 18.9. The van der Waals surface area contributed by atoms with E-state index in [9.17, 15) is 10.1 Å². The van der Waals surface area contributed by atoms with Gasteiger partial charge in [0, 0.05) is 28.8 Å². The number of carbonyl (C=O) groups is 1. The summed E-state index contributed by atoms with van der Waals surface area (Å²) in [7, 11) is 0. The van der Waals surface area contributed by atoms with E-state index in [0.717, 1.165) is 22.4 Å². The lowest BCUT2D eigenvalue weighted by Gasteiger charge is -2.30. The van der Waals surface area contributed by atoms with Gasteiger partial charge in [-0.15, -0.1) is 0 Å². The summed E-state index contributed by atoms with van der Waals surface area (Å²) in [5.74, 6) is 0. The van der Waals surface area contributed by atoms with Crippen LogP contribution in [0.15, 0.2) is 36.4 Å². The molecule has 134 valence electrons. The Morgan fingerprint density at radius 1 is 1.23 bits per heavy atom. The molecule has 0 spiro atoms. The van der Waals surface area contributed by atoms with Crippen molar-refractivity contribution < 1.29 is 4.79 Å². The van der Waals surface area contributed by atoms with Gasteiger partial charge in [-0.05, 0) is 61.2 Å². The quantitative estimate of drug-likeness (QED) is 0.764. The van der Waals surface area contributed by atoms with E-state index in [0.29, 0.717) is 29.6 Å². The summed E-state index contributed by atoms with van der Waals surface area (Å²) in [6.45, 7) is 5.05. The summed E-state index contributed by atoms with van der Waals surface area (Å²) in [5.41, 5.74) is 2.78. The number of benzene rings is 2. The highest BCUT2D eigenvalue weighted by Gasteiger charge is 2.30. The molecule has 1 unspecified atom stereocenters. The number of urea groups is 1. The second kappa shape index (κ2) is 7.19. The second-order valence-corrected chi connectivity index (χ2v) is 7.59. The average Bonchev–Trinajstić information content (AvgIpc) is 2.59. The Labute approximate surface area is 163 Å². The van der Waals surface area contributed by atoms with E-state index in [2.05, 4.69) is 11.4 Å². The van der Waals surface area contributed by atoms with Crippen molar-refractivity contribution in [1.82, 2.24) is 4.90 Å². The van der Waals surface area contributed by atoms with E-state index < -0.39 is 5.41 Å². The molecule has 0 aliphatic carbocycles. The van der Waals surface area contributed by atoms with Crippen LogP contribution in [0.1, 0.15) is 30.5 Å². The van der Waals surface area contributed by atoms with Crippen molar-refractivity contribution in [3.8, 4) is 6.07 Å². The van der Waals surface area contributed by atoms with Gasteiger partial charge in [0.25, 0.3) is 0 Å². The molecule has 0 bridgehead atoms. The summed E-state index contributed by atoms with van der Waals surface area (Å²) in [6, 6.07) is 13.4. The number of halogens is 2. The van der Waals surface area contributed by atoms with Gasteiger partial charge >= 0.3 is 6.03 Å². The lowest BCUT2D eigenvalue weighted by Crippen LogP contribution is -2.38. The molecule has 1 aliphatic heterocycles. The maximum atomic E-state index is 12.1. The van der Waals surface area contributed by atoms with Crippen molar-refractivity contribution in [2.45, 2.75) is 32.2 Å². The molecule has 1 aliphatic rings. The van der Waals surface area contributed by atoms with Gasteiger partial charge < -0.3 is 10.2 Å². The Bertz CT molecular complexity index is 886. The number of anilines is 1. The zero-order valence-electron chi connectivity index (χ0n) is 14.6. The molecule has 0 saturated carbocycles. The van der Waals surface area contributed by atoms with Gasteiger partial charge in [0.1, 0.15) is 0 Å². The molecule has 0 saturated heterocycles. The van der Waals surface area contributed by atoms with Gasteiger partial charge in [0.15, 0.2) is 0 Å². The third kappa shape index (κ3) is 3.65. The van der Waals surface area contributed by atoms with Gasteiger partial charge in [-0.25, -0.2) is 4.79 Å². The number of carbonyl (C=O) groups excluding carboxylic acids is 1. The van der Waals surface area contributed by atoms with Gasteiger partial charge in [0.05, 0.1) is 11.5 Å². The molecule has 3 rings (SSSR count). The van der Waals surface area contributed by atoms with Gasteiger partial charge in [0.2, 0.25) is 0 Å². The van der Waals surface area contributed by atoms with Crippen LogP contribution >= 0.6 is 23.2 Å². The smallest absolute Gasteiger partial charge is 0.320 e. The van der Waals surface area contributed by atoms with Crippen molar-refractivity contribution in [3.05, 3.63) is 63.1 Å². The molecule has 2 amide bonds. The van der Waals surface area contributed by atoms with E-state index in [-0.39, 0.29) is 6.03 Å². The van der Waals surface area contributed by atoms with E-state index >= 15 is 0 Å². The first kappa shape index (κ1) is 18.6. The summed E-state index contributed by atoms with van der Waals surface area (Å²) in [4.78, 5) is 13.8. The Hall–Kier alpha value is -2.22. The maximum Gasteiger partial charge on any atom is 0.322 e. The third-order valence-corrected chi connectivity index (χ3v) is 5.18. The molecule has 2 aromatic carbocycles. The number of nitrogens with zero attached hydrogens (tertiary/aromatic N) is 2. The highest BCUT2D eigenvalue weighted by molar-refractivity contribution is 6.34. The van der Waals surface area contributed by atoms with E-state index in [1.54, 1.807) is 11.0 Å². The fourth-order valence-corrected chi connectivity index (χ4v) is 3.80. The molecule has 2 aromatic rings. The number of fused-ring (bicyclic) bond motifs is 1. The molecule has 1 atom stereocenters. The minimum absolute atomic E-state index is 0.113. The van der Waals surface area contributed by atoms with Crippen LogP contribution in [0, 0.1) is 11.3 Å². The highest BCUT2D eigenvalue weighted by Crippen LogP contribution is 2.34. The first-order valence-electron chi connectivity index (χ1n) is 8.40. The largest absolute Gasteiger partial charge is 0.322 e. The zero-order valence-corrected chi connectivity index (χ0v) is 16.2. The first-order chi connectivity index (χ1) is 12.3. The summed E-state index contributed by atoms with van der Waals surface area (Å²) in [6.07, 6.45) is 0.470. The lowest BCUT2D eigenvalue weighted by atomic mass is 9.78. The van der Waals surface area contributed by atoms with Crippen LogP contribution in [0.25, 0.3) is 0 Å². The van der Waals surface area contributed by atoms with Crippen molar-refractivity contribution in [3.63, 3.8) is 0 Å². The number of rotatable bonds is 4. The van der Waals surface area contributed by atoms with Gasteiger partial charge in [-0.3, -0.25) is 0 Å². The van der Waals surface area contributed by atoms with Crippen LogP contribution in [0.3, 0.4) is 0 Å². The van der Waals surface area contributed by atoms with Crippen LogP contribution in [-0.4, -0.2) is 17.5 Å². The van der Waals surface area contributed by atoms with Crippen LogP contribution in [0.5, 0.6) is 0 Å². The van der Waals surface area contributed by atoms with E-state index in [1.807, 2.05) is 44.2 Å². The van der Waals surface area contributed by atoms with Crippen molar-refractivity contribution >= 4 is 34.9 Å². The predicted octanol–water partition coefficient (Wildman–Crippen LogP) is 5.38. The third-order valence-electron chi connectivity index (χ3n) is 4.75. The van der Waals surface area contributed by atoms with Crippen molar-refractivity contribution in [1.29, 1.82) is 5.26 Å². The highest BCUT2D eigenvalue weighted by atomic mass is 35.5. The fraction of sp³-hybridized carbons (Fsp3) is 0.300. The number of hydrogen-bond acceptors (Lipinski definition) is 2. The average molecular weight is 388 g/mol. The number of nitrogens with one attached hydrogen (secondary N) is 1. The minimum atomic E-state index is -0.768. The molecule has 0 aromatic heterocycles. The number of nitriles is 1. The Morgan fingerprint density at radius 3 is 2.54 bits per heavy atom. The van der Waals surface area contributed by atoms with E-state index in [4.69, 9.17) is 23.2 Å². The molecule has 0 radical (unpaired) electrons. The molecular formula is C20H19Cl2N3O. The maximum absolute atomic E-state index is 12.1. The monoisotopic (exact) mass is 387 g/mol. The number of amides is 2. The first-order valence-corrected chi connectivity index (χ1v) is 9.16. The van der Waals surface area contributed by atoms with Gasteiger partial charge in [-0.1, -0.05) is 35.3 Å². The molecule has 1 N–H and O–H groups in total. The van der Waals surface area contributed by atoms with Crippen LogP contribution in [-0.2, 0) is 18.4 Å². The molecule has 4 nitrogen and oxygen atoms in total. The summed E-state index contributed by atoms with van der Waals surface area (Å²) in [5, 5.41) is 13.9. The fourth-order valence-electron chi connectivity index (χ4n) is 3.23. The van der Waals surface area contributed by atoms with Crippen LogP contribution < -0.4 is 5.32 Å².